The Balaban J connectivity index is 1.83. The normalized spacial score (nSPS) is 12.2. The molecule has 1 unspecified atom stereocenters. The highest BCUT2D eigenvalue weighted by Crippen LogP contribution is 2.21. The van der Waals surface area contributed by atoms with Crippen LogP contribution in [0.2, 0.25) is 0 Å². The van der Waals surface area contributed by atoms with Gasteiger partial charge in [0.05, 0.1) is 5.92 Å². The minimum atomic E-state index is -1.90. The minimum absolute atomic E-state index is 0.0385. The van der Waals surface area contributed by atoms with Gasteiger partial charge in [0.1, 0.15) is 11.6 Å². The van der Waals surface area contributed by atoms with Crippen LogP contribution < -0.4 is 11.2 Å². The van der Waals surface area contributed by atoms with Gasteiger partial charge in [0.2, 0.25) is 0 Å². The number of pyridine rings is 1. The van der Waals surface area contributed by atoms with Gasteiger partial charge in [-0.3, -0.25) is 9.78 Å². The maximum absolute atomic E-state index is 14.0. The lowest BCUT2D eigenvalue weighted by Gasteiger charge is -2.15. The predicted octanol–water partition coefficient (Wildman–Crippen LogP) is 0.908. The highest BCUT2D eigenvalue weighted by atomic mass is 19.1. The molecular weight excluding hydrogens is 334 g/mol. The van der Waals surface area contributed by atoms with Gasteiger partial charge in [0.15, 0.2) is 0 Å². The van der Waals surface area contributed by atoms with Crippen molar-refractivity contribution in [3.05, 3.63) is 71.8 Å². The molecular formula is C19H18BFN2O3. The second kappa shape index (κ2) is 7.74. The molecule has 0 bridgehead atoms. The molecule has 3 rings (SSSR count). The van der Waals surface area contributed by atoms with Crippen molar-refractivity contribution in [2.45, 2.75) is 12.3 Å². The van der Waals surface area contributed by atoms with Gasteiger partial charge in [0, 0.05) is 36.2 Å². The van der Waals surface area contributed by atoms with Crippen molar-refractivity contribution in [3.63, 3.8) is 0 Å². The number of Topliss-reactive ketones (excluding diaryl/α,β-unsaturated/α-hetero) is 1. The predicted molar refractivity (Wildman–Crippen MR) is 98.5 cm³/mol. The molecule has 132 valence electrons. The molecule has 0 aliphatic heterocycles. The van der Waals surface area contributed by atoms with Crippen molar-refractivity contribution in [2.75, 3.05) is 6.54 Å². The van der Waals surface area contributed by atoms with Crippen LogP contribution in [0.5, 0.6) is 0 Å². The Labute approximate surface area is 150 Å². The summed E-state index contributed by atoms with van der Waals surface area (Å²) in [6, 6.07) is 11.5. The average molecular weight is 352 g/mol. The Bertz CT molecular complexity index is 949. The summed E-state index contributed by atoms with van der Waals surface area (Å²) in [5.41, 5.74) is 6.77. The highest BCUT2D eigenvalue weighted by molar-refractivity contribution is 6.58. The summed E-state index contributed by atoms with van der Waals surface area (Å²) in [7, 11) is -1.90. The molecule has 7 heteroatoms. The molecule has 3 aromatic rings. The van der Waals surface area contributed by atoms with Crippen LogP contribution in [-0.4, -0.2) is 34.5 Å². The van der Waals surface area contributed by atoms with Gasteiger partial charge in [-0.25, -0.2) is 4.39 Å². The maximum Gasteiger partial charge on any atom is 0.491 e. The molecule has 0 spiro atoms. The first kappa shape index (κ1) is 18.2. The lowest BCUT2D eigenvalue weighted by atomic mass is 9.78. The number of benzene rings is 2. The van der Waals surface area contributed by atoms with Crippen LogP contribution in [0.4, 0.5) is 4.39 Å². The third-order valence-corrected chi connectivity index (χ3v) is 4.41. The monoisotopic (exact) mass is 352 g/mol. The molecule has 0 radical (unpaired) electrons. The maximum atomic E-state index is 14.0. The Morgan fingerprint density at radius 1 is 1.15 bits per heavy atom. The summed E-state index contributed by atoms with van der Waals surface area (Å²) in [4.78, 5) is 16.8. The lowest BCUT2D eigenvalue weighted by Crippen LogP contribution is -2.33. The zero-order chi connectivity index (χ0) is 18.7. The van der Waals surface area contributed by atoms with Crippen molar-refractivity contribution in [1.29, 1.82) is 0 Å². The topological polar surface area (TPSA) is 96.4 Å². The SMILES string of the molecule is NCC(C(=O)Cc1ccc2cnccc2c1)c1ccc(B(O)O)c(F)c1. The Kier molecular flexibility index (Phi) is 5.42. The quantitative estimate of drug-likeness (QED) is 0.573. The largest absolute Gasteiger partial charge is 0.491 e. The molecule has 1 aromatic heterocycles. The number of nitrogens with zero attached hydrogens (tertiary/aromatic N) is 1. The van der Waals surface area contributed by atoms with E-state index >= 15 is 0 Å². The van der Waals surface area contributed by atoms with E-state index < -0.39 is 18.9 Å². The number of rotatable bonds is 6. The fourth-order valence-corrected chi connectivity index (χ4v) is 2.99. The zero-order valence-electron chi connectivity index (χ0n) is 14.0. The van der Waals surface area contributed by atoms with E-state index in [4.69, 9.17) is 15.8 Å². The number of carbonyl (C=O) groups is 1. The van der Waals surface area contributed by atoms with Gasteiger partial charge >= 0.3 is 7.12 Å². The Morgan fingerprint density at radius 2 is 1.96 bits per heavy atom. The molecule has 2 aromatic carbocycles. The summed E-state index contributed by atoms with van der Waals surface area (Å²) in [6.07, 6.45) is 3.62. The fourth-order valence-electron chi connectivity index (χ4n) is 2.99. The second-order valence-electron chi connectivity index (χ2n) is 6.14. The van der Waals surface area contributed by atoms with E-state index in [-0.39, 0.29) is 24.2 Å². The number of carbonyl (C=O) groups excluding carboxylic acids is 1. The number of nitrogens with two attached hydrogens (primary N) is 1. The third kappa shape index (κ3) is 3.80. The van der Waals surface area contributed by atoms with Crippen molar-refractivity contribution < 1.29 is 19.2 Å². The smallest absolute Gasteiger partial charge is 0.423 e. The van der Waals surface area contributed by atoms with E-state index in [2.05, 4.69) is 4.98 Å². The summed E-state index contributed by atoms with van der Waals surface area (Å²) in [6.45, 7) is 0.0385. The standard InChI is InChI=1S/C19H18BFN2O3/c21-18-9-14(3-4-17(18)20(25)26)16(10-22)19(24)8-12-1-2-15-11-23-6-5-13(15)7-12/h1-7,9,11,16,25-26H,8,10,22H2. The fraction of sp³-hybridized carbons (Fsp3) is 0.158. The number of hydrogen-bond donors (Lipinski definition) is 3. The van der Waals surface area contributed by atoms with E-state index in [9.17, 15) is 9.18 Å². The summed E-state index contributed by atoms with van der Waals surface area (Å²) < 4.78 is 14.0. The molecule has 0 aliphatic rings. The van der Waals surface area contributed by atoms with Crippen molar-refractivity contribution in [2.24, 2.45) is 5.73 Å². The molecule has 0 fully saturated rings. The summed E-state index contributed by atoms with van der Waals surface area (Å²) >= 11 is 0. The molecule has 5 nitrogen and oxygen atoms in total. The molecule has 4 N–H and O–H groups in total. The van der Waals surface area contributed by atoms with Gasteiger partial charge in [-0.05, 0) is 28.6 Å². The van der Waals surface area contributed by atoms with Crippen LogP contribution in [0, 0.1) is 5.82 Å². The Hall–Kier alpha value is -2.61. The van der Waals surface area contributed by atoms with Crippen molar-refractivity contribution in [1.82, 2.24) is 4.98 Å². The van der Waals surface area contributed by atoms with Crippen LogP contribution in [0.25, 0.3) is 10.8 Å². The van der Waals surface area contributed by atoms with Gasteiger partial charge < -0.3 is 15.8 Å². The molecule has 1 heterocycles. The van der Waals surface area contributed by atoms with Gasteiger partial charge in [-0.2, -0.15) is 0 Å². The molecule has 26 heavy (non-hydrogen) atoms. The first-order valence-corrected chi connectivity index (χ1v) is 8.20. The van der Waals surface area contributed by atoms with Gasteiger partial charge in [-0.1, -0.05) is 30.3 Å². The van der Waals surface area contributed by atoms with Crippen molar-refractivity contribution >= 4 is 29.1 Å². The van der Waals surface area contributed by atoms with E-state index in [1.807, 2.05) is 24.3 Å². The summed E-state index contributed by atoms with van der Waals surface area (Å²) in [5, 5.41) is 20.2. The van der Waals surface area contributed by atoms with E-state index in [1.54, 1.807) is 12.4 Å². The Morgan fingerprint density at radius 3 is 2.65 bits per heavy atom. The number of ketones is 1. The number of fused-ring (bicyclic) bond motifs is 1. The first-order valence-electron chi connectivity index (χ1n) is 8.20. The number of hydrogen-bond acceptors (Lipinski definition) is 5. The van der Waals surface area contributed by atoms with E-state index in [0.29, 0.717) is 5.56 Å². The molecule has 0 saturated heterocycles. The number of halogens is 1. The van der Waals surface area contributed by atoms with Crippen LogP contribution in [0.1, 0.15) is 17.0 Å². The minimum Gasteiger partial charge on any atom is -0.423 e. The summed E-state index contributed by atoms with van der Waals surface area (Å²) in [5.74, 6) is -1.57. The van der Waals surface area contributed by atoms with Gasteiger partial charge in [0.25, 0.3) is 0 Å². The second-order valence-corrected chi connectivity index (χ2v) is 6.14. The third-order valence-electron chi connectivity index (χ3n) is 4.41. The van der Waals surface area contributed by atoms with Crippen molar-refractivity contribution in [3.8, 4) is 0 Å². The highest BCUT2D eigenvalue weighted by Gasteiger charge is 2.23. The van der Waals surface area contributed by atoms with Crippen LogP contribution in [-0.2, 0) is 11.2 Å². The molecule has 1 atom stereocenters. The van der Waals surface area contributed by atoms with E-state index in [0.717, 1.165) is 22.4 Å². The van der Waals surface area contributed by atoms with Crippen LogP contribution in [0.15, 0.2) is 54.9 Å². The molecule has 0 aliphatic carbocycles. The first-order chi connectivity index (χ1) is 12.5. The average Bonchev–Trinajstić information content (AvgIpc) is 2.62. The lowest BCUT2D eigenvalue weighted by molar-refractivity contribution is -0.119. The molecule has 0 saturated carbocycles. The van der Waals surface area contributed by atoms with Gasteiger partial charge in [-0.15, -0.1) is 0 Å². The van der Waals surface area contributed by atoms with Crippen LogP contribution >= 0.6 is 0 Å². The number of aromatic nitrogens is 1. The zero-order valence-corrected chi connectivity index (χ0v) is 14.0. The molecule has 0 amide bonds. The van der Waals surface area contributed by atoms with Crippen LogP contribution in [0.3, 0.4) is 0 Å². The van der Waals surface area contributed by atoms with E-state index in [1.165, 1.54) is 12.1 Å².